The van der Waals surface area contributed by atoms with Crippen molar-refractivity contribution in [3.05, 3.63) is 58.6 Å². The summed E-state index contributed by atoms with van der Waals surface area (Å²) >= 11 is 5.92. The quantitative estimate of drug-likeness (QED) is 0.755. The van der Waals surface area contributed by atoms with Gasteiger partial charge in [0.05, 0.1) is 7.11 Å². The van der Waals surface area contributed by atoms with Crippen LogP contribution in [0.5, 0.6) is 11.5 Å². The smallest absolute Gasteiger partial charge is 0.166 e. The molecule has 0 spiro atoms. The molecule has 0 atom stereocenters. The molecular weight excluding hydrogens is 345 g/mol. The summed E-state index contributed by atoms with van der Waals surface area (Å²) < 4.78 is 11.5. The van der Waals surface area contributed by atoms with E-state index in [9.17, 15) is 0 Å². The lowest BCUT2D eigenvalue weighted by Gasteiger charge is -2.22. The molecule has 5 heteroatoms. The van der Waals surface area contributed by atoms with E-state index in [1.54, 1.807) is 7.11 Å². The van der Waals surface area contributed by atoms with E-state index in [0.29, 0.717) is 6.61 Å². The minimum atomic E-state index is 0. The first-order valence-corrected chi connectivity index (χ1v) is 8.05. The van der Waals surface area contributed by atoms with Gasteiger partial charge in [-0.25, -0.2) is 0 Å². The number of hydrogen-bond donors (Lipinski definition) is 1. The average Bonchev–Trinajstić information content (AvgIpc) is 2.51. The van der Waals surface area contributed by atoms with E-state index in [4.69, 9.17) is 21.1 Å². The first-order chi connectivity index (χ1) is 10.9. The van der Waals surface area contributed by atoms with Gasteiger partial charge in [-0.15, -0.1) is 12.4 Å². The zero-order chi connectivity index (χ0) is 16.9. The standard InChI is InChI=1S/C19H24ClNO2.ClH/c1-19(2,3)21-12-15-6-5-7-17(22-4)18(15)23-13-14-8-10-16(20)11-9-14;/h5-11,21H,12-13H2,1-4H3;1H. The summed E-state index contributed by atoms with van der Waals surface area (Å²) in [5, 5.41) is 4.21. The van der Waals surface area contributed by atoms with Crippen LogP contribution >= 0.6 is 24.0 Å². The molecule has 0 unspecified atom stereocenters. The van der Waals surface area contributed by atoms with Crippen LogP contribution in [0.25, 0.3) is 0 Å². The van der Waals surface area contributed by atoms with Gasteiger partial charge < -0.3 is 14.8 Å². The molecule has 0 aliphatic rings. The van der Waals surface area contributed by atoms with Crippen molar-refractivity contribution in [1.29, 1.82) is 0 Å². The SMILES string of the molecule is COc1cccc(CNC(C)(C)C)c1OCc1ccc(Cl)cc1.Cl. The molecule has 0 saturated heterocycles. The topological polar surface area (TPSA) is 30.5 Å². The highest BCUT2D eigenvalue weighted by molar-refractivity contribution is 6.30. The van der Waals surface area contributed by atoms with Gasteiger partial charge >= 0.3 is 0 Å². The summed E-state index contributed by atoms with van der Waals surface area (Å²) in [5.41, 5.74) is 2.18. The van der Waals surface area contributed by atoms with Gasteiger partial charge in [0.1, 0.15) is 6.61 Å². The molecule has 3 nitrogen and oxygen atoms in total. The summed E-state index contributed by atoms with van der Waals surface area (Å²) in [6, 6.07) is 13.6. The predicted octanol–water partition coefficient (Wildman–Crippen LogP) is 5.24. The second-order valence-electron chi connectivity index (χ2n) is 6.47. The zero-order valence-corrected chi connectivity index (χ0v) is 16.1. The van der Waals surface area contributed by atoms with Gasteiger partial charge in [-0.1, -0.05) is 35.9 Å². The molecule has 0 aliphatic heterocycles. The third-order valence-electron chi connectivity index (χ3n) is 3.39. The van der Waals surface area contributed by atoms with Crippen molar-refractivity contribution < 1.29 is 9.47 Å². The number of halogens is 2. The van der Waals surface area contributed by atoms with Crippen LogP contribution in [-0.4, -0.2) is 12.6 Å². The van der Waals surface area contributed by atoms with Crippen LogP contribution in [0.1, 0.15) is 31.9 Å². The van der Waals surface area contributed by atoms with Crippen LogP contribution < -0.4 is 14.8 Å². The Morgan fingerprint density at radius 3 is 2.29 bits per heavy atom. The number of rotatable bonds is 6. The van der Waals surface area contributed by atoms with E-state index in [-0.39, 0.29) is 17.9 Å². The van der Waals surface area contributed by atoms with Crippen molar-refractivity contribution in [2.24, 2.45) is 0 Å². The maximum atomic E-state index is 6.04. The average molecular weight is 370 g/mol. The summed E-state index contributed by atoms with van der Waals surface area (Å²) in [6.45, 7) is 7.61. The van der Waals surface area contributed by atoms with Crippen LogP contribution in [0.4, 0.5) is 0 Å². The van der Waals surface area contributed by atoms with Crippen LogP contribution in [0.3, 0.4) is 0 Å². The molecule has 2 aromatic carbocycles. The normalized spacial score (nSPS) is 10.9. The number of hydrogen-bond acceptors (Lipinski definition) is 3. The maximum absolute atomic E-state index is 6.04. The fraction of sp³-hybridized carbons (Fsp3) is 0.368. The highest BCUT2D eigenvalue weighted by atomic mass is 35.5. The second kappa shape index (κ2) is 9.16. The first kappa shape index (κ1) is 20.6. The molecule has 0 radical (unpaired) electrons. The van der Waals surface area contributed by atoms with Crippen LogP contribution in [-0.2, 0) is 13.2 Å². The van der Waals surface area contributed by atoms with Crippen molar-refractivity contribution in [3.8, 4) is 11.5 Å². The van der Waals surface area contributed by atoms with Gasteiger partial charge in [-0.2, -0.15) is 0 Å². The monoisotopic (exact) mass is 369 g/mol. The number of benzene rings is 2. The fourth-order valence-corrected chi connectivity index (χ4v) is 2.25. The molecule has 24 heavy (non-hydrogen) atoms. The van der Waals surface area contributed by atoms with Crippen LogP contribution in [0, 0.1) is 0 Å². The number of methoxy groups -OCH3 is 1. The summed E-state index contributed by atoms with van der Waals surface area (Å²) in [7, 11) is 1.66. The Morgan fingerprint density at radius 2 is 1.71 bits per heavy atom. The maximum Gasteiger partial charge on any atom is 0.166 e. The Kier molecular flexibility index (Phi) is 7.88. The fourth-order valence-electron chi connectivity index (χ4n) is 2.12. The Balaban J connectivity index is 0.00000288. The Morgan fingerprint density at radius 1 is 1.04 bits per heavy atom. The largest absolute Gasteiger partial charge is 0.493 e. The van der Waals surface area contributed by atoms with E-state index >= 15 is 0 Å². The lowest BCUT2D eigenvalue weighted by Crippen LogP contribution is -2.35. The van der Waals surface area contributed by atoms with Crippen molar-refractivity contribution in [2.75, 3.05) is 7.11 Å². The van der Waals surface area contributed by atoms with Crippen molar-refractivity contribution in [2.45, 2.75) is 39.5 Å². The van der Waals surface area contributed by atoms with E-state index in [0.717, 1.165) is 34.2 Å². The molecule has 0 bridgehead atoms. The second-order valence-corrected chi connectivity index (χ2v) is 6.90. The molecule has 132 valence electrons. The summed E-state index contributed by atoms with van der Waals surface area (Å²) in [4.78, 5) is 0. The molecule has 0 amide bonds. The number of para-hydroxylation sites is 1. The van der Waals surface area contributed by atoms with Gasteiger partial charge in [0.25, 0.3) is 0 Å². The molecule has 0 saturated carbocycles. The lowest BCUT2D eigenvalue weighted by molar-refractivity contribution is 0.279. The Labute approximate surface area is 155 Å². The van der Waals surface area contributed by atoms with E-state index in [2.05, 4.69) is 32.2 Å². The van der Waals surface area contributed by atoms with Crippen LogP contribution in [0.15, 0.2) is 42.5 Å². The Bertz CT molecular complexity index is 637. The van der Waals surface area contributed by atoms with Crippen molar-refractivity contribution in [3.63, 3.8) is 0 Å². The van der Waals surface area contributed by atoms with Crippen molar-refractivity contribution >= 4 is 24.0 Å². The van der Waals surface area contributed by atoms with Gasteiger partial charge in [0.2, 0.25) is 0 Å². The zero-order valence-electron chi connectivity index (χ0n) is 14.6. The van der Waals surface area contributed by atoms with Crippen LogP contribution in [0.2, 0.25) is 5.02 Å². The molecule has 0 aromatic heterocycles. The van der Waals surface area contributed by atoms with Gasteiger partial charge in [0, 0.05) is 22.7 Å². The highest BCUT2D eigenvalue weighted by Crippen LogP contribution is 2.32. The molecular formula is C19H25Cl2NO2. The molecule has 2 rings (SSSR count). The molecule has 0 heterocycles. The van der Waals surface area contributed by atoms with E-state index in [1.165, 1.54) is 0 Å². The third-order valence-corrected chi connectivity index (χ3v) is 3.64. The Hall–Kier alpha value is -1.42. The molecule has 0 fully saturated rings. The van der Waals surface area contributed by atoms with Crippen molar-refractivity contribution in [1.82, 2.24) is 5.32 Å². The van der Waals surface area contributed by atoms with Gasteiger partial charge in [-0.05, 0) is 44.5 Å². The number of nitrogens with one attached hydrogen (secondary N) is 1. The predicted molar refractivity (Wildman–Crippen MR) is 103 cm³/mol. The van der Waals surface area contributed by atoms with E-state index < -0.39 is 0 Å². The van der Waals surface area contributed by atoms with Gasteiger partial charge in [-0.3, -0.25) is 0 Å². The minimum absolute atomic E-state index is 0. The van der Waals surface area contributed by atoms with E-state index in [1.807, 2.05) is 36.4 Å². The molecule has 0 aliphatic carbocycles. The molecule has 2 aromatic rings. The summed E-state index contributed by atoms with van der Waals surface area (Å²) in [5.74, 6) is 1.52. The van der Waals surface area contributed by atoms with Gasteiger partial charge in [0.15, 0.2) is 11.5 Å². The first-order valence-electron chi connectivity index (χ1n) is 7.67. The minimum Gasteiger partial charge on any atom is -0.493 e. The molecule has 1 N–H and O–H groups in total. The number of ether oxygens (including phenoxy) is 2. The lowest BCUT2D eigenvalue weighted by atomic mass is 10.1. The summed E-state index contributed by atoms with van der Waals surface area (Å²) in [6.07, 6.45) is 0. The third kappa shape index (κ3) is 6.23. The highest BCUT2D eigenvalue weighted by Gasteiger charge is 2.14.